The Morgan fingerprint density at radius 1 is 1.12 bits per heavy atom. The highest BCUT2D eigenvalue weighted by Crippen LogP contribution is 2.38. The first-order valence-electron chi connectivity index (χ1n) is 7.94. The Labute approximate surface area is 139 Å². The fourth-order valence-electron chi connectivity index (χ4n) is 2.64. The summed E-state index contributed by atoms with van der Waals surface area (Å²) in [6, 6.07) is 11.3. The van der Waals surface area contributed by atoms with Crippen LogP contribution in [0.15, 0.2) is 53.6 Å². The van der Waals surface area contributed by atoms with E-state index in [2.05, 4.69) is 15.1 Å². The summed E-state index contributed by atoms with van der Waals surface area (Å²) in [5.41, 5.74) is 8.94. The third-order valence-electron chi connectivity index (χ3n) is 4.07. The molecule has 2 N–H and O–H groups in total. The fraction of sp³-hybridized carbons (Fsp3) is 0.222. The Bertz CT molecular complexity index is 929. The summed E-state index contributed by atoms with van der Waals surface area (Å²) >= 11 is 0. The van der Waals surface area contributed by atoms with E-state index >= 15 is 0 Å². The summed E-state index contributed by atoms with van der Waals surface area (Å²) in [6.07, 6.45) is 5.49. The molecule has 1 aromatic carbocycles. The van der Waals surface area contributed by atoms with Crippen LogP contribution in [0.2, 0.25) is 0 Å². The zero-order valence-corrected chi connectivity index (χ0v) is 13.1. The number of hydrogen-bond donors (Lipinski definition) is 1. The van der Waals surface area contributed by atoms with Crippen LogP contribution in [0.5, 0.6) is 0 Å². The summed E-state index contributed by atoms with van der Waals surface area (Å²) in [5, 5.41) is 4.50. The van der Waals surface area contributed by atoms with Crippen molar-refractivity contribution in [3.8, 4) is 11.4 Å². The molecule has 0 spiro atoms. The summed E-state index contributed by atoms with van der Waals surface area (Å²) in [4.78, 5) is 20.6. The minimum Gasteiger partial charge on any atom is -0.396 e. The number of nitrogens with two attached hydrogens (primary N) is 1. The van der Waals surface area contributed by atoms with Crippen molar-refractivity contribution < 1.29 is 0 Å². The minimum absolute atomic E-state index is 0.0893. The Morgan fingerprint density at radius 2 is 1.92 bits per heavy atom. The molecule has 1 aliphatic rings. The average Bonchev–Trinajstić information content (AvgIpc) is 3.43. The molecule has 0 aliphatic heterocycles. The smallest absolute Gasteiger partial charge is 0.267 e. The maximum atomic E-state index is 12.1. The number of benzene rings is 1. The second kappa shape index (κ2) is 5.88. The Kier molecular flexibility index (Phi) is 3.57. The number of aromatic nitrogens is 4. The maximum Gasteiger partial charge on any atom is 0.267 e. The lowest BCUT2D eigenvalue weighted by Crippen LogP contribution is -2.23. The van der Waals surface area contributed by atoms with E-state index in [4.69, 9.17) is 5.73 Å². The van der Waals surface area contributed by atoms with Gasteiger partial charge in [-0.05, 0) is 30.5 Å². The molecule has 1 fully saturated rings. The van der Waals surface area contributed by atoms with Crippen molar-refractivity contribution in [1.29, 1.82) is 0 Å². The normalized spacial score (nSPS) is 13.8. The van der Waals surface area contributed by atoms with Crippen molar-refractivity contribution in [3.63, 3.8) is 0 Å². The topological polar surface area (TPSA) is 86.7 Å². The second-order valence-corrected chi connectivity index (χ2v) is 6.07. The van der Waals surface area contributed by atoms with Crippen LogP contribution in [0.3, 0.4) is 0 Å². The van der Waals surface area contributed by atoms with Crippen LogP contribution in [0.1, 0.15) is 30.0 Å². The molecule has 24 heavy (non-hydrogen) atoms. The van der Waals surface area contributed by atoms with Gasteiger partial charge in [0.2, 0.25) is 0 Å². The van der Waals surface area contributed by atoms with Gasteiger partial charge in [0.05, 0.1) is 30.3 Å². The quantitative estimate of drug-likeness (QED) is 0.796. The van der Waals surface area contributed by atoms with Gasteiger partial charge in [0.1, 0.15) is 0 Å². The monoisotopic (exact) mass is 319 g/mol. The zero-order valence-electron chi connectivity index (χ0n) is 13.1. The molecule has 0 amide bonds. The highest BCUT2D eigenvalue weighted by atomic mass is 16.1. The summed E-state index contributed by atoms with van der Waals surface area (Å²) in [6.45, 7) is 0.433. The number of nitrogen functional groups attached to an aromatic ring is 1. The lowest BCUT2D eigenvalue weighted by molar-refractivity contribution is 0.619. The maximum absolute atomic E-state index is 12.1. The lowest BCUT2D eigenvalue weighted by atomic mass is 10.1. The molecular formula is C18H17N5O. The largest absolute Gasteiger partial charge is 0.396 e. The molecule has 4 rings (SSSR count). The van der Waals surface area contributed by atoms with Crippen molar-refractivity contribution in [2.24, 2.45) is 0 Å². The molecule has 2 heterocycles. The third kappa shape index (κ3) is 3.03. The molecule has 0 atom stereocenters. The number of rotatable bonds is 4. The van der Waals surface area contributed by atoms with Crippen molar-refractivity contribution in [2.45, 2.75) is 25.3 Å². The first kappa shape index (κ1) is 14.6. The van der Waals surface area contributed by atoms with E-state index in [0.717, 1.165) is 29.7 Å². The number of anilines is 1. The van der Waals surface area contributed by atoms with E-state index in [0.29, 0.717) is 24.0 Å². The molecule has 1 saturated carbocycles. The molecule has 0 radical (unpaired) electrons. The molecule has 0 unspecified atom stereocenters. The highest BCUT2D eigenvalue weighted by molar-refractivity contribution is 5.56. The first-order valence-corrected chi connectivity index (χ1v) is 7.94. The molecule has 1 aliphatic carbocycles. The van der Waals surface area contributed by atoms with Crippen LogP contribution >= 0.6 is 0 Å². The van der Waals surface area contributed by atoms with Crippen molar-refractivity contribution in [3.05, 3.63) is 70.4 Å². The van der Waals surface area contributed by atoms with E-state index in [1.54, 1.807) is 18.5 Å². The molecular weight excluding hydrogens is 302 g/mol. The standard InChI is InChI=1S/C18H17N5O/c19-15-9-20-18(21-10-15)14-3-1-2-12(8-14)11-23-17(24)7-6-16(22-23)13-4-5-13/h1-3,6-10,13H,4-5,11,19H2. The minimum atomic E-state index is -0.0893. The van der Waals surface area contributed by atoms with Gasteiger partial charge in [-0.2, -0.15) is 5.10 Å². The van der Waals surface area contributed by atoms with Crippen LogP contribution in [0.25, 0.3) is 11.4 Å². The number of nitrogens with zero attached hydrogens (tertiary/aromatic N) is 4. The van der Waals surface area contributed by atoms with Gasteiger partial charge < -0.3 is 5.73 Å². The summed E-state index contributed by atoms with van der Waals surface area (Å²) in [5.74, 6) is 1.13. The van der Waals surface area contributed by atoms with Gasteiger partial charge in [-0.3, -0.25) is 4.79 Å². The Balaban J connectivity index is 1.63. The van der Waals surface area contributed by atoms with Crippen LogP contribution < -0.4 is 11.3 Å². The first-order chi connectivity index (χ1) is 11.7. The number of hydrogen-bond acceptors (Lipinski definition) is 5. The Hall–Kier alpha value is -3.02. The van der Waals surface area contributed by atoms with Crippen LogP contribution in [0, 0.1) is 0 Å². The molecule has 0 bridgehead atoms. The van der Waals surface area contributed by atoms with E-state index in [1.165, 1.54) is 4.68 Å². The van der Waals surface area contributed by atoms with E-state index in [9.17, 15) is 4.79 Å². The van der Waals surface area contributed by atoms with Gasteiger partial charge in [-0.15, -0.1) is 0 Å². The molecule has 3 aromatic rings. The average molecular weight is 319 g/mol. The summed E-state index contributed by atoms with van der Waals surface area (Å²) in [7, 11) is 0. The van der Waals surface area contributed by atoms with Crippen molar-refractivity contribution >= 4 is 5.69 Å². The van der Waals surface area contributed by atoms with E-state index in [1.807, 2.05) is 30.3 Å². The lowest BCUT2D eigenvalue weighted by Gasteiger charge is -2.08. The van der Waals surface area contributed by atoms with Crippen LogP contribution in [-0.4, -0.2) is 19.7 Å². The highest BCUT2D eigenvalue weighted by Gasteiger charge is 2.25. The molecule has 2 aromatic heterocycles. The summed E-state index contributed by atoms with van der Waals surface area (Å²) < 4.78 is 1.52. The van der Waals surface area contributed by atoms with Gasteiger partial charge in [0, 0.05) is 17.5 Å². The zero-order chi connectivity index (χ0) is 16.5. The predicted octanol–water partition coefficient (Wildman–Crippen LogP) is 2.21. The van der Waals surface area contributed by atoms with Crippen LogP contribution in [0.4, 0.5) is 5.69 Å². The van der Waals surface area contributed by atoms with Gasteiger partial charge in [-0.25, -0.2) is 14.6 Å². The second-order valence-electron chi connectivity index (χ2n) is 6.07. The molecule has 0 saturated heterocycles. The SMILES string of the molecule is Nc1cnc(-c2cccc(Cn3nc(C4CC4)ccc3=O)c2)nc1. The molecule has 6 nitrogen and oxygen atoms in total. The molecule has 120 valence electrons. The van der Waals surface area contributed by atoms with E-state index in [-0.39, 0.29) is 5.56 Å². The van der Waals surface area contributed by atoms with E-state index < -0.39 is 0 Å². The van der Waals surface area contributed by atoms with Crippen molar-refractivity contribution in [1.82, 2.24) is 19.7 Å². The van der Waals surface area contributed by atoms with Gasteiger partial charge in [0.25, 0.3) is 5.56 Å². The van der Waals surface area contributed by atoms with Crippen LogP contribution in [-0.2, 0) is 6.54 Å². The van der Waals surface area contributed by atoms with Crippen molar-refractivity contribution in [2.75, 3.05) is 5.73 Å². The molecule has 6 heteroatoms. The third-order valence-corrected chi connectivity index (χ3v) is 4.07. The predicted molar refractivity (Wildman–Crippen MR) is 91.5 cm³/mol. The fourth-order valence-corrected chi connectivity index (χ4v) is 2.64. The Morgan fingerprint density at radius 3 is 2.67 bits per heavy atom. The van der Waals surface area contributed by atoms with Gasteiger partial charge >= 0.3 is 0 Å². The van der Waals surface area contributed by atoms with Gasteiger partial charge in [0.15, 0.2) is 5.82 Å². The van der Waals surface area contributed by atoms with Gasteiger partial charge in [-0.1, -0.05) is 18.2 Å².